The quantitative estimate of drug-likeness (QED) is 0.867. The summed E-state index contributed by atoms with van der Waals surface area (Å²) in [5.41, 5.74) is -0.116. The van der Waals surface area contributed by atoms with Gasteiger partial charge in [-0.3, -0.25) is 9.59 Å². The molecule has 0 radical (unpaired) electrons. The van der Waals surface area contributed by atoms with E-state index in [9.17, 15) is 14.0 Å². The van der Waals surface area contributed by atoms with E-state index in [0.29, 0.717) is 6.04 Å². The fraction of sp³-hybridized carbons (Fsp3) is 0.385. The van der Waals surface area contributed by atoms with Crippen molar-refractivity contribution in [2.75, 3.05) is 6.54 Å². The minimum atomic E-state index is -0.635. The van der Waals surface area contributed by atoms with E-state index in [4.69, 9.17) is 11.6 Å². The van der Waals surface area contributed by atoms with Gasteiger partial charge in [-0.05, 0) is 31.0 Å². The van der Waals surface area contributed by atoms with Crippen LogP contribution >= 0.6 is 11.6 Å². The number of nitrogens with one attached hydrogen (secondary N) is 2. The number of benzene rings is 1. The molecule has 6 heteroatoms. The molecule has 102 valence electrons. The first kappa shape index (κ1) is 13.8. The van der Waals surface area contributed by atoms with Crippen LogP contribution in [0.2, 0.25) is 5.02 Å². The van der Waals surface area contributed by atoms with Crippen LogP contribution in [-0.4, -0.2) is 24.4 Å². The Bertz CT molecular complexity index is 503. The summed E-state index contributed by atoms with van der Waals surface area (Å²) < 4.78 is 13.4. The number of rotatable bonds is 5. The summed E-state index contributed by atoms with van der Waals surface area (Å²) in [6.07, 6.45) is 2.22. The van der Waals surface area contributed by atoms with Gasteiger partial charge in [-0.15, -0.1) is 0 Å². The Morgan fingerprint density at radius 1 is 1.37 bits per heavy atom. The highest BCUT2D eigenvalue weighted by molar-refractivity contribution is 6.31. The van der Waals surface area contributed by atoms with Crippen LogP contribution in [0.3, 0.4) is 0 Å². The standard InChI is InChI=1S/C13H14ClFN2O2/c14-8-1-4-11(15)10(7-8)13(19)16-6-5-12(18)17-9-2-3-9/h1,4,7,9H,2-3,5-6H2,(H,16,19)(H,17,18). The second-order valence-corrected chi connectivity index (χ2v) is 4.91. The molecular weight excluding hydrogens is 271 g/mol. The lowest BCUT2D eigenvalue weighted by Gasteiger charge is -2.07. The Labute approximate surface area is 115 Å². The average molecular weight is 285 g/mol. The van der Waals surface area contributed by atoms with Crippen LogP contribution in [-0.2, 0) is 4.79 Å². The van der Waals surface area contributed by atoms with Crippen molar-refractivity contribution >= 4 is 23.4 Å². The van der Waals surface area contributed by atoms with Crippen LogP contribution in [0.1, 0.15) is 29.6 Å². The maximum Gasteiger partial charge on any atom is 0.254 e. The Morgan fingerprint density at radius 3 is 2.79 bits per heavy atom. The first-order valence-corrected chi connectivity index (χ1v) is 6.46. The summed E-state index contributed by atoms with van der Waals surface area (Å²) in [6, 6.07) is 4.07. The lowest BCUT2D eigenvalue weighted by molar-refractivity contribution is -0.121. The summed E-state index contributed by atoms with van der Waals surface area (Å²) in [5, 5.41) is 5.59. The smallest absolute Gasteiger partial charge is 0.254 e. The fourth-order valence-electron chi connectivity index (χ4n) is 1.58. The third-order valence-electron chi connectivity index (χ3n) is 2.75. The van der Waals surface area contributed by atoms with Crippen LogP contribution in [0, 0.1) is 5.82 Å². The lowest BCUT2D eigenvalue weighted by Crippen LogP contribution is -2.32. The highest BCUT2D eigenvalue weighted by Crippen LogP contribution is 2.18. The minimum absolute atomic E-state index is 0.102. The average Bonchev–Trinajstić information content (AvgIpc) is 3.16. The first-order valence-electron chi connectivity index (χ1n) is 6.09. The van der Waals surface area contributed by atoms with E-state index in [-0.39, 0.29) is 29.5 Å². The van der Waals surface area contributed by atoms with Gasteiger partial charge in [0.25, 0.3) is 5.91 Å². The van der Waals surface area contributed by atoms with E-state index in [1.807, 2.05) is 0 Å². The van der Waals surface area contributed by atoms with Gasteiger partial charge >= 0.3 is 0 Å². The lowest BCUT2D eigenvalue weighted by atomic mass is 10.2. The molecule has 1 aliphatic carbocycles. The maximum atomic E-state index is 13.4. The van der Waals surface area contributed by atoms with E-state index in [2.05, 4.69) is 10.6 Å². The first-order chi connectivity index (χ1) is 9.06. The predicted molar refractivity (Wildman–Crippen MR) is 69.5 cm³/mol. The van der Waals surface area contributed by atoms with Crippen molar-refractivity contribution < 1.29 is 14.0 Å². The maximum absolute atomic E-state index is 13.4. The Hall–Kier alpha value is -1.62. The predicted octanol–water partition coefficient (Wildman–Crippen LogP) is 1.88. The highest BCUT2D eigenvalue weighted by Gasteiger charge is 2.22. The molecule has 0 atom stereocenters. The summed E-state index contributed by atoms with van der Waals surface area (Å²) in [6.45, 7) is 0.170. The van der Waals surface area contributed by atoms with Crippen molar-refractivity contribution in [3.8, 4) is 0 Å². The second-order valence-electron chi connectivity index (χ2n) is 4.47. The largest absolute Gasteiger partial charge is 0.353 e. The van der Waals surface area contributed by atoms with Crippen molar-refractivity contribution in [1.82, 2.24) is 10.6 Å². The van der Waals surface area contributed by atoms with Gasteiger partial charge in [0, 0.05) is 24.0 Å². The molecule has 1 aliphatic rings. The van der Waals surface area contributed by atoms with Crippen molar-refractivity contribution in [3.05, 3.63) is 34.6 Å². The molecule has 1 saturated carbocycles. The van der Waals surface area contributed by atoms with Gasteiger partial charge in [-0.25, -0.2) is 4.39 Å². The Morgan fingerprint density at radius 2 is 2.11 bits per heavy atom. The number of amides is 2. The molecule has 2 N–H and O–H groups in total. The van der Waals surface area contributed by atoms with Gasteiger partial charge < -0.3 is 10.6 Å². The molecule has 1 aromatic carbocycles. The molecule has 0 spiro atoms. The zero-order valence-corrected chi connectivity index (χ0v) is 11.0. The fourth-order valence-corrected chi connectivity index (χ4v) is 1.76. The van der Waals surface area contributed by atoms with Gasteiger partial charge in [0.15, 0.2) is 0 Å². The molecule has 2 rings (SSSR count). The van der Waals surface area contributed by atoms with Gasteiger partial charge in [0.2, 0.25) is 5.91 Å². The molecule has 2 amide bonds. The van der Waals surface area contributed by atoms with Crippen LogP contribution in [0.25, 0.3) is 0 Å². The zero-order valence-electron chi connectivity index (χ0n) is 10.2. The molecule has 0 unspecified atom stereocenters. The monoisotopic (exact) mass is 284 g/mol. The molecular formula is C13H14ClFN2O2. The number of hydrogen-bond acceptors (Lipinski definition) is 2. The van der Waals surface area contributed by atoms with E-state index in [1.54, 1.807) is 0 Å². The van der Waals surface area contributed by atoms with Crippen molar-refractivity contribution in [3.63, 3.8) is 0 Å². The van der Waals surface area contributed by atoms with Gasteiger partial charge in [-0.1, -0.05) is 11.6 Å². The van der Waals surface area contributed by atoms with E-state index < -0.39 is 11.7 Å². The minimum Gasteiger partial charge on any atom is -0.353 e. The third kappa shape index (κ3) is 4.21. The summed E-state index contributed by atoms with van der Waals surface area (Å²) in [4.78, 5) is 23.1. The Kier molecular flexibility index (Phi) is 4.37. The molecule has 0 aromatic heterocycles. The van der Waals surface area contributed by atoms with Crippen molar-refractivity contribution in [1.29, 1.82) is 0 Å². The normalized spacial score (nSPS) is 14.0. The molecule has 0 heterocycles. The van der Waals surface area contributed by atoms with Gasteiger partial charge in [0.05, 0.1) is 5.56 Å². The molecule has 1 fully saturated rings. The van der Waals surface area contributed by atoms with Gasteiger partial charge in [0.1, 0.15) is 5.82 Å². The molecule has 0 bridgehead atoms. The van der Waals surface area contributed by atoms with Gasteiger partial charge in [-0.2, -0.15) is 0 Å². The van der Waals surface area contributed by atoms with Crippen LogP contribution < -0.4 is 10.6 Å². The number of hydrogen-bond donors (Lipinski definition) is 2. The van der Waals surface area contributed by atoms with E-state index >= 15 is 0 Å². The molecule has 19 heavy (non-hydrogen) atoms. The Balaban J connectivity index is 1.80. The number of halogens is 2. The van der Waals surface area contributed by atoms with Crippen molar-refractivity contribution in [2.24, 2.45) is 0 Å². The van der Waals surface area contributed by atoms with Crippen LogP contribution in [0.5, 0.6) is 0 Å². The summed E-state index contributed by atoms with van der Waals surface area (Å²) in [7, 11) is 0. The van der Waals surface area contributed by atoms with Crippen LogP contribution in [0.4, 0.5) is 4.39 Å². The zero-order chi connectivity index (χ0) is 13.8. The van der Waals surface area contributed by atoms with E-state index in [0.717, 1.165) is 18.9 Å². The second kappa shape index (κ2) is 6.02. The molecule has 4 nitrogen and oxygen atoms in total. The third-order valence-corrected chi connectivity index (χ3v) is 2.99. The number of carbonyl (C=O) groups excluding carboxylic acids is 2. The SMILES string of the molecule is O=C(CCNC(=O)c1cc(Cl)ccc1F)NC1CC1. The van der Waals surface area contributed by atoms with E-state index in [1.165, 1.54) is 12.1 Å². The molecule has 0 saturated heterocycles. The van der Waals surface area contributed by atoms with Crippen molar-refractivity contribution in [2.45, 2.75) is 25.3 Å². The summed E-state index contributed by atoms with van der Waals surface area (Å²) in [5.74, 6) is -1.31. The van der Waals surface area contributed by atoms with Crippen LogP contribution in [0.15, 0.2) is 18.2 Å². The summed E-state index contributed by atoms with van der Waals surface area (Å²) >= 11 is 5.70. The topological polar surface area (TPSA) is 58.2 Å². The molecule has 0 aliphatic heterocycles. The molecule has 1 aromatic rings. The highest BCUT2D eigenvalue weighted by atomic mass is 35.5. The number of carbonyl (C=O) groups is 2.